The molecule has 1 aliphatic rings. The van der Waals surface area contributed by atoms with Gasteiger partial charge in [0.25, 0.3) is 0 Å². The molecule has 0 saturated carbocycles. The predicted octanol–water partition coefficient (Wildman–Crippen LogP) is 3.43. The number of likely N-dealkylation sites (N-methyl/N-ethyl adjacent to an activating group) is 1. The standard InChI is InChI=1S/C22H30N4O/c1-26(2)14-15-27-21-13-6-4-9-18(21)16-24-22(23)25-20-12-7-10-17-8-3-5-11-19(17)20/h4,6-7,9-10,12-13H,3,5,8,11,14-16H2,1-2H3,(H3,23,24,25). The zero-order chi connectivity index (χ0) is 19.1. The van der Waals surface area contributed by atoms with Crippen molar-refractivity contribution in [1.82, 2.24) is 4.90 Å². The number of fused-ring (bicyclic) bond motifs is 1. The molecule has 3 rings (SSSR count). The number of aryl methyl sites for hydroxylation is 1. The highest BCUT2D eigenvalue weighted by Gasteiger charge is 2.13. The van der Waals surface area contributed by atoms with Gasteiger partial charge >= 0.3 is 0 Å². The van der Waals surface area contributed by atoms with Gasteiger partial charge in [0.05, 0.1) is 6.54 Å². The van der Waals surface area contributed by atoms with Gasteiger partial charge in [-0.15, -0.1) is 0 Å². The maximum absolute atomic E-state index is 6.17. The van der Waals surface area contributed by atoms with E-state index in [2.05, 4.69) is 33.4 Å². The van der Waals surface area contributed by atoms with Gasteiger partial charge in [0.15, 0.2) is 5.96 Å². The first-order chi connectivity index (χ1) is 13.1. The fourth-order valence-electron chi connectivity index (χ4n) is 3.36. The maximum atomic E-state index is 6.17. The lowest BCUT2D eigenvalue weighted by Crippen LogP contribution is -2.24. The summed E-state index contributed by atoms with van der Waals surface area (Å²) in [5.41, 5.74) is 11.1. The Hall–Kier alpha value is -2.53. The second-order valence-electron chi connectivity index (χ2n) is 7.24. The molecule has 0 atom stereocenters. The summed E-state index contributed by atoms with van der Waals surface area (Å²) >= 11 is 0. The Bertz CT molecular complexity index is 786. The van der Waals surface area contributed by atoms with Crippen LogP contribution in [0, 0.1) is 0 Å². The SMILES string of the molecule is CN(C)CCOc1ccccc1CN=C(N)Nc1cccc2c1CCCC2. The van der Waals surface area contributed by atoms with E-state index in [9.17, 15) is 0 Å². The topological polar surface area (TPSA) is 62.9 Å². The molecule has 0 radical (unpaired) electrons. The van der Waals surface area contributed by atoms with Crippen LogP contribution >= 0.6 is 0 Å². The van der Waals surface area contributed by atoms with Crippen molar-refractivity contribution in [3.63, 3.8) is 0 Å². The summed E-state index contributed by atoms with van der Waals surface area (Å²) in [7, 11) is 4.07. The Labute approximate surface area is 162 Å². The van der Waals surface area contributed by atoms with E-state index < -0.39 is 0 Å². The summed E-state index contributed by atoms with van der Waals surface area (Å²) in [6.45, 7) is 2.02. The van der Waals surface area contributed by atoms with Crippen LogP contribution in [0.1, 0.15) is 29.5 Å². The summed E-state index contributed by atoms with van der Waals surface area (Å²) < 4.78 is 5.90. The van der Waals surface area contributed by atoms with Gasteiger partial charge in [0.1, 0.15) is 12.4 Å². The minimum absolute atomic E-state index is 0.442. The number of hydrogen-bond donors (Lipinski definition) is 2. The van der Waals surface area contributed by atoms with Crippen LogP contribution in [0.5, 0.6) is 5.75 Å². The van der Waals surface area contributed by atoms with E-state index >= 15 is 0 Å². The molecule has 0 aromatic heterocycles. The molecule has 0 bridgehead atoms. The molecule has 2 aromatic rings. The van der Waals surface area contributed by atoms with E-state index in [0.717, 1.165) is 36.4 Å². The molecule has 0 spiro atoms. The summed E-state index contributed by atoms with van der Waals surface area (Å²) in [6, 6.07) is 14.4. The van der Waals surface area contributed by atoms with Gasteiger partial charge in [-0.25, -0.2) is 4.99 Å². The maximum Gasteiger partial charge on any atom is 0.193 e. The van der Waals surface area contributed by atoms with Gasteiger partial charge in [0.2, 0.25) is 0 Å². The highest BCUT2D eigenvalue weighted by molar-refractivity contribution is 5.93. The van der Waals surface area contributed by atoms with Crippen LogP contribution in [0.15, 0.2) is 47.5 Å². The number of nitrogens with one attached hydrogen (secondary N) is 1. The molecule has 5 nitrogen and oxygen atoms in total. The van der Waals surface area contributed by atoms with Gasteiger partial charge in [0, 0.05) is 17.8 Å². The van der Waals surface area contributed by atoms with Crippen LogP contribution in [0.25, 0.3) is 0 Å². The quantitative estimate of drug-likeness (QED) is 0.582. The lowest BCUT2D eigenvalue weighted by atomic mass is 9.90. The van der Waals surface area contributed by atoms with Crippen molar-refractivity contribution in [3.05, 3.63) is 59.2 Å². The molecular formula is C22H30N4O. The smallest absolute Gasteiger partial charge is 0.193 e. The second kappa shape index (κ2) is 9.42. The Kier molecular flexibility index (Phi) is 6.71. The number of hydrogen-bond acceptors (Lipinski definition) is 3. The average molecular weight is 367 g/mol. The van der Waals surface area contributed by atoms with Crippen LogP contribution in [0.4, 0.5) is 5.69 Å². The van der Waals surface area contributed by atoms with Crippen molar-refractivity contribution in [2.45, 2.75) is 32.2 Å². The lowest BCUT2D eigenvalue weighted by molar-refractivity contribution is 0.259. The lowest BCUT2D eigenvalue weighted by Gasteiger charge is -2.20. The average Bonchev–Trinajstić information content (AvgIpc) is 2.67. The van der Waals surface area contributed by atoms with Crippen molar-refractivity contribution in [2.75, 3.05) is 32.6 Å². The zero-order valence-electron chi connectivity index (χ0n) is 16.4. The number of nitrogens with zero attached hydrogens (tertiary/aromatic N) is 2. The summed E-state index contributed by atoms with van der Waals surface area (Å²) in [5, 5.41) is 3.30. The van der Waals surface area contributed by atoms with Crippen molar-refractivity contribution < 1.29 is 4.74 Å². The minimum Gasteiger partial charge on any atom is -0.492 e. The normalized spacial score (nSPS) is 14.1. The molecule has 0 amide bonds. The third kappa shape index (κ3) is 5.47. The monoisotopic (exact) mass is 366 g/mol. The van der Waals surface area contributed by atoms with E-state index in [1.54, 1.807) is 0 Å². The first-order valence-electron chi connectivity index (χ1n) is 9.66. The molecule has 0 heterocycles. The minimum atomic E-state index is 0.442. The Morgan fingerprint density at radius 2 is 1.93 bits per heavy atom. The summed E-state index contributed by atoms with van der Waals surface area (Å²) in [5.74, 6) is 1.31. The van der Waals surface area contributed by atoms with Gasteiger partial charge < -0.3 is 20.7 Å². The molecule has 27 heavy (non-hydrogen) atoms. The number of nitrogens with two attached hydrogens (primary N) is 1. The molecule has 5 heteroatoms. The van der Waals surface area contributed by atoms with Crippen LogP contribution in [0.2, 0.25) is 0 Å². The molecule has 2 aromatic carbocycles. The highest BCUT2D eigenvalue weighted by Crippen LogP contribution is 2.27. The Balaban J connectivity index is 1.65. The molecule has 144 valence electrons. The van der Waals surface area contributed by atoms with E-state index in [4.69, 9.17) is 10.5 Å². The number of anilines is 1. The fraction of sp³-hybridized carbons (Fsp3) is 0.409. The van der Waals surface area contributed by atoms with E-state index in [0.29, 0.717) is 19.1 Å². The molecule has 1 aliphatic carbocycles. The predicted molar refractivity (Wildman–Crippen MR) is 113 cm³/mol. The van der Waals surface area contributed by atoms with Crippen LogP contribution in [0.3, 0.4) is 0 Å². The molecule has 3 N–H and O–H groups in total. The fourth-order valence-corrected chi connectivity index (χ4v) is 3.36. The van der Waals surface area contributed by atoms with Gasteiger partial charge in [-0.1, -0.05) is 30.3 Å². The van der Waals surface area contributed by atoms with Gasteiger partial charge in [-0.05, 0) is 63.0 Å². The van der Waals surface area contributed by atoms with Crippen LogP contribution in [-0.4, -0.2) is 38.1 Å². The van der Waals surface area contributed by atoms with Crippen LogP contribution in [-0.2, 0) is 19.4 Å². The van der Waals surface area contributed by atoms with Crippen molar-refractivity contribution in [2.24, 2.45) is 10.7 Å². The van der Waals surface area contributed by atoms with Gasteiger partial charge in [-0.2, -0.15) is 0 Å². The van der Waals surface area contributed by atoms with E-state index in [-0.39, 0.29) is 0 Å². The third-order valence-corrected chi connectivity index (χ3v) is 4.85. The van der Waals surface area contributed by atoms with E-state index in [1.807, 2.05) is 38.4 Å². The molecule has 0 aliphatic heterocycles. The van der Waals surface area contributed by atoms with Crippen molar-refractivity contribution >= 4 is 11.6 Å². The molecular weight excluding hydrogens is 336 g/mol. The largest absolute Gasteiger partial charge is 0.492 e. The summed E-state index contributed by atoms with van der Waals surface area (Å²) in [6.07, 6.45) is 4.76. The number of ether oxygens (including phenoxy) is 1. The molecule has 0 saturated heterocycles. The number of benzene rings is 2. The number of guanidine groups is 1. The van der Waals surface area contributed by atoms with Crippen molar-refractivity contribution in [1.29, 1.82) is 0 Å². The summed E-state index contributed by atoms with van der Waals surface area (Å²) in [4.78, 5) is 6.64. The third-order valence-electron chi connectivity index (χ3n) is 4.85. The second-order valence-corrected chi connectivity index (χ2v) is 7.24. The Morgan fingerprint density at radius 1 is 1.11 bits per heavy atom. The number of rotatable bonds is 7. The highest BCUT2D eigenvalue weighted by atomic mass is 16.5. The first-order valence-corrected chi connectivity index (χ1v) is 9.66. The van der Waals surface area contributed by atoms with Gasteiger partial charge in [-0.3, -0.25) is 0 Å². The zero-order valence-corrected chi connectivity index (χ0v) is 16.4. The molecule has 0 fully saturated rings. The van der Waals surface area contributed by atoms with Crippen LogP contribution < -0.4 is 15.8 Å². The van der Waals surface area contributed by atoms with Crippen molar-refractivity contribution in [3.8, 4) is 5.75 Å². The van der Waals surface area contributed by atoms with E-state index in [1.165, 1.54) is 24.0 Å². The molecule has 0 unspecified atom stereocenters. The Morgan fingerprint density at radius 3 is 2.78 bits per heavy atom. The first kappa shape index (κ1) is 19.2. The number of para-hydroxylation sites is 1. The number of aliphatic imine (C=N–C) groups is 1.